The fraction of sp³-hybridized carbons (Fsp3) is 0.923. The summed E-state index contributed by atoms with van der Waals surface area (Å²) in [7, 11) is 0. The second kappa shape index (κ2) is 4.14. The molecule has 0 amide bonds. The minimum Gasteiger partial charge on any atom is -0.299 e. The van der Waals surface area contributed by atoms with E-state index in [1.165, 1.54) is 38.8 Å². The molecule has 84 valence electrons. The van der Waals surface area contributed by atoms with Gasteiger partial charge in [-0.25, -0.2) is 0 Å². The molecule has 0 N–H and O–H groups in total. The molecule has 1 aliphatic heterocycles. The van der Waals surface area contributed by atoms with Crippen LogP contribution in [0.5, 0.6) is 0 Å². The second-order valence-corrected chi connectivity index (χ2v) is 5.93. The van der Waals surface area contributed by atoms with Crippen molar-refractivity contribution in [3.05, 3.63) is 0 Å². The smallest absolute Gasteiger partial charge is 0.0672 e. The summed E-state index contributed by atoms with van der Waals surface area (Å²) in [4.78, 5) is 2.58. The summed E-state index contributed by atoms with van der Waals surface area (Å²) < 4.78 is 0. The van der Waals surface area contributed by atoms with Crippen LogP contribution in [-0.2, 0) is 0 Å². The van der Waals surface area contributed by atoms with Gasteiger partial charge in [0.1, 0.15) is 0 Å². The number of piperidine rings is 1. The van der Waals surface area contributed by atoms with E-state index in [0.717, 1.165) is 6.42 Å². The Hall–Kier alpha value is -0.550. The Kier molecular flexibility index (Phi) is 3.02. The van der Waals surface area contributed by atoms with Gasteiger partial charge < -0.3 is 0 Å². The van der Waals surface area contributed by atoms with E-state index in [4.69, 9.17) is 5.26 Å². The summed E-state index contributed by atoms with van der Waals surface area (Å²) in [5, 5.41) is 9.09. The van der Waals surface area contributed by atoms with Gasteiger partial charge in [-0.05, 0) is 44.2 Å². The average Bonchev–Trinajstić information content (AvgIpc) is 2.65. The molecule has 0 aromatic heterocycles. The van der Waals surface area contributed by atoms with Crippen molar-refractivity contribution in [1.82, 2.24) is 4.90 Å². The molecule has 1 saturated carbocycles. The predicted octanol–water partition coefficient (Wildman–Crippen LogP) is 2.80. The molecule has 1 aliphatic carbocycles. The number of hydrogen-bond donors (Lipinski definition) is 0. The maximum absolute atomic E-state index is 9.09. The topological polar surface area (TPSA) is 27.0 Å². The quantitative estimate of drug-likeness (QED) is 0.659. The van der Waals surface area contributed by atoms with Gasteiger partial charge in [-0.3, -0.25) is 4.90 Å². The van der Waals surface area contributed by atoms with E-state index >= 15 is 0 Å². The van der Waals surface area contributed by atoms with Crippen LogP contribution in [-0.4, -0.2) is 24.0 Å². The van der Waals surface area contributed by atoms with E-state index in [2.05, 4.69) is 24.8 Å². The first-order chi connectivity index (χ1) is 7.12. The van der Waals surface area contributed by atoms with Crippen LogP contribution < -0.4 is 0 Å². The molecule has 2 atom stereocenters. The molecule has 2 fully saturated rings. The first-order valence-corrected chi connectivity index (χ1v) is 6.26. The molecular formula is C13H22N2. The van der Waals surface area contributed by atoms with Crippen molar-refractivity contribution in [2.45, 2.75) is 52.0 Å². The van der Waals surface area contributed by atoms with Crippen molar-refractivity contribution in [3.63, 3.8) is 0 Å². The molecule has 15 heavy (non-hydrogen) atoms. The zero-order valence-electron chi connectivity index (χ0n) is 10.00. The first kappa shape index (κ1) is 11.0. The maximum Gasteiger partial charge on any atom is 0.0672 e. The van der Waals surface area contributed by atoms with Gasteiger partial charge in [0.05, 0.1) is 12.0 Å². The van der Waals surface area contributed by atoms with Crippen LogP contribution in [0.1, 0.15) is 46.0 Å². The lowest BCUT2D eigenvalue weighted by atomic mass is 9.82. The van der Waals surface area contributed by atoms with E-state index in [9.17, 15) is 0 Å². The standard InChI is InChI=1S/C13H22N2/c1-13(2)6-8-15(9-7-13)12-5-3-4-11(12)10-14/h11-12H,3-9H2,1-2H3. The van der Waals surface area contributed by atoms with Crippen molar-refractivity contribution in [2.24, 2.45) is 11.3 Å². The van der Waals surface area contributed by atoms with E-state index in [1.807, 2.05) is 0 Å². The van der Waals surface area contributed by atoms with Gasteiger partial charge in [-0.15, -0.1) is 0 Å². The third-order valence-corrected chi connectivity index (χ3v) is 4.27. The van der Waals surface area contributed by atoms with Gasteiger partial charge in [-0.1, -0.05) is 20.3 Å². The van der Waals surface area contributed by atoms with Crippen molar-refractivity contribution < 1.29 is 0 Å². The highest BCUT2D eigenvalue weighted by atomic mass is 15.2. The highest BCUT2D eigenvalue weighted by Crippen LogP contribution is 2.35. The fourth-order valence-corrected chi connectivity index (χ4v) is 2.99. The van der Waals surface area contributed by atoms with Gasteiger partial charge in [0.15, 0.2) is 0 Å². The predicted molar refractivity (Wildman–Crippen MR) is 61.3 cm³/mol. The summed E-state index contributed by atoms with van der Waals surface area (Å²) in [6.07, 6.45) is 6.21. The number of nitriles is 1. The van der Waals surface area contributed by atoms with Crippen LogP contribution in [0, 0.1) is 22.7 Å². The highest BCUT2D eigenvalue weighted by molar-refractivity contribution is 4.98. The zero-order valence-corrected chi connectivity index (χ0v) is 10.00. The van der Waals surface area contributed by atoms with Crippen LogP contribution in [0.15, 0.2) is 0 Å². The monoisotopic (exact) mass is 206 g/mol. The van der Waals surface area contributed by atoms with Crippen molar-refractivity contribution in [1.29, 1.82) is 5.26 Å². The lowest BCUT2D eigenvalue weighted by molar-refractivity contribution is 0.0857. The first-order valence-electron chi connectivity index (χ1n) is 6.26. The third kappa shape index (κ3) is 2.34. The molecule has 1 saturated heterocycles. The molecule has 2 heteroatoms. The Balaban J connectivity index is 1.93. The summed E-state index contributed by atoms with van der Waals surface area (Å²) >= 11 is 0. The van der Waals surface area contributed by atoms with E-state index < -0.39 is 0 Å². The van der Waals surface area contributed by atoms with Crippen LogP contribution in [0.25, 0.3) is 0 Å². The minimum atomic E-state index is 0.311. The van der Waals surface area contributed by atoms with E-state index in [0.29, 0.717) is 17.4 Å². The largest absolute Gasteiger partial charge is 0.299 e. The molecule has 0 aromatic rings. The van der Waals surface area contributed by atoms with Crippen LogP contribution in [0.2, 0.25) is 0 Å². The number of nitrogens with zero attached hydrogens (tertiary/aromatic N) is 2. The molecule has 2 rings (SSSR count). The minimum absolute atomic E-state index is 0.311. The van der Waals surface area contributed by atoms with Gasteiger partial charge >= 0.3 is 0 Å². The molecule has 2 unspecified atom stereocenters. The molecule has 2 aliphatic rings. The Morgan fingerprint density at radius 3 is 2.47 bits per heavy atom. The number of rotatable bonds is 1. The van der Waals surface area contributed by atoms with E-state index in [-0.39, 0.29) is 0 Å². The maximum atomic E-state index is 9.09. The third-order valence-electron chi connectivity index (χ3n) is 4.27. The van der Waals surface area contributed by atoms with Crippen molar-refractivity contribution >= 4 is 0 Å². The average molecular weight is 206 g/mol. The molecule has 0 radical (unpaired) electrons. The Labute approximate surface area is 93.3 Å². The van der Waals surface area contributed by atoms with Gasteiger partial charge in [0.25, 0.3) is 0 Å². The van der Waals surface area contributed by atoms with Crippen molar-refractivity contribution in [2.75, 3.05) is 13.1 Å². The Morgan fingerprint density at radius 2 is 1.87 bits per heavy atom. The van der Waals surface area contributed by atoms with Crippen LogP contribution >= 0.6 is 0 Å². The van der Waals surface area contributed by atoms with Crippen molar-refractivity contribution in [3.8, 4) is 6.07 Å². The van der Waals surface area contributed by atoms with Gasteiger partial charge in [-0.2, -0.15) is 5.26 Å². The SMILES string of the molecule is CC1(C)CCN(C2CCCC2C#N)CC1. The highest BCUT2D eigenvalue weighted by Gasteiger charge is 2.35. The molecule has 0 spiro atoms. The van der Waals surface area contributed by atoms with Crippen LogP contribution in [0.3, 0.4) is 0 Å². The molecular weight excluding hydrogens is 184 g/mol. The zero-order chi connectivity index (χ0) is 10.9. The summed E-state index contributed by atoms with van der Waals surface area (Å²) in [5.74, 6) is 0.311. The molecule has 0 bridgehead atoms. The number of hydrogen-bond acceptors (Lipinski definition) is 2. The van der Waals surface area contributed by atoms with Gasteiger partial charge in [0.2, 0.25) is 0 Å². The fourth-order valence-electron chi connectivity index (χ4n) is 2.99. The Morgan fingerprint density at radius 1 is 1.20 bits per heavy atom. The number of likely N-dealkylation sites (tertiary alicyclic amines) is 1. The lowest BCUT2D eigenvalue weighted by Crippen LogP contribution is -2.44. The summed E-state index contributed by atoms with van der Waals surface area (Å²) in [6.45, 7) is 7.13. The normalized spacial score (nSPS) is 36.3. The Bertz CT molecular complexity index is 254. The second-order valence-electron chi connectivity index (χ2n) is 5.93. The molecule has 1 heterocycles. The molecule has 2 nitrogen and oxygen atoms in total. The molecule has 0 aromatic carbocycles. The summed E-state index contributed by atoms with van der Waals surface area (Å²) in [6, 6.07) is 3.07. The van der Waals surface area contributed by atoms with E-state index in [1.54, 1.807) is 0 Å². The summed E-state index contributed by atoms with van der Waals surface area (Å²) in [5.41, 5.74) is 0.525. The lowest BCUT2D eigenvalue weighted by Gasteiger charge is -2.40. The van der Waals surface area contributed by atoms with Crippen LogP contribution in [0.4, 0.5) is 0 Å². The van der Waals surface area contributed by atoms with Gasteiger partial charge in [0, 0.05) is 6.04 Å².